The van der Waals surface area contributed by atoms with Crippen LogP contribution >= 0.6 is 0 Å². The van der Waals surface area contributed by atoms with Crippen molar-refractivity contribution in [2.75, 3.05) is 21.3 Å². The quantitative estimate of drug-likeness (QED) is 0.599. The van der Waals surface area contributed by atoms with Gasteiger partial charge in [-0.2, -0.15) is 5.26 Å². The van der Waals surface area contributed by atoms with E-state index in [1.165, 1.54) is 27.4 Å². The first-order chi connectivity index (χ1) is 13.0. The third-order valence-electron chi connectivity index (χ3n) is 4.05. The minimum atomic E-state index is -0.478. The molecule has 0 aliphatic heterocycles. The highest BCUT2D eigenvalue weighted by molar-refractivity contribution is 6.02. The van der Waals surface area contributed by atoms with Crippen LogP contribution in [0, 0.1) is 11.3 Å². The van der Waals surface area contributed by atoms with Crippen LogP contribution in [0.15, 0.2) is 48.0 Å². The Balaban J connectivity index is 2.35. The van der Waals surface area contributed by atoms with E-state index in [2.05, 4.69) is 5.32 Å². The molecule has 1 N–H and O–H groups in total. The molecule has 2 aromatic rings. The van der Waals surface area contributed by atoms with E-state index < -0.39 is 5.91 Å². The summed E-state index contributed by atoms with van der Waals surface area (Å²) >= 11 is 0. The molecule has 0 saturated heterocycles. The third kappa shape index (κ3) is 4.79. The summed E-state index contributed by atoms with van der Waals surface area (Å²) in [5, 5.41) is 12.3. The lowest BCUT2D eigenvalue weighted by Gasteiger charge is -2.15. The Labute approximate surface area is 159 Å². The monoisotopic (exact) mass is 366 g/mol. The first-order valence-corrected chi connectivity index (χ1v) is 8.31. The van der Waals surface area contributed by atoms with Crippen LogP contribution in [0.1, 0.15) is 24.1 Å². The third-order valence-corrected chi connectivity index (χ3v) is 4.05. The summed E-state index contributed by atoms with van der Waals surface area (Å²) in [5.41, 5.74) is 1.38. The number of carbonyl (C=O) groups is 1. The van der Waals surface area contributed by atoms with E-state index in [1.807, 2.05) is 43.3 Å². The lowest BCUT2D eigenvalue weighted by Crippen LogP contribution is -2.27. The zero-order valence-electron chi connectivity index (χ0n) is 15.8. The van der Waals surface area contributed by atoms with E-state index >= 15 is 0 Å². The minimum Gasteiger partial charge on any atom is -0.496 e. The fourth-order valence-electron chi connectivity index (χ4n) is 2.57. The Morgan fingerprint density at radius 1 is 1.07 bits per heavy atom. The van der Waals surface area contributed by atoms with Crippen LogP contribution in [0.5, 0.6) is 17.2 Å². The van der Waals surface area contributed by atoms with Crippen molar-refractivity contribution < 1.29 is 19.0 Å². The second-order valence-corrected chi connectivity index (χ2v) is 5.72. The van der Waals surface area contributed by atoms with Crippen LogP contribution in [-0.4, -0.2) is 27.2 Å². The summed E-state index contributed by atoms with van der Waals surface area (Å²) in [5.74, 6) is 0.931. The summed E-state index contributed by atoms with van der Waals surface area (Å²) in [6.45, 7) is 1.86. The molecule has 0 heterocycles. The number of amides is 1. The van der Waals surface area contributed by atoms with Gasteiger partial charge < -0.3 is 19.5 Å². The van der Waals surface area contributed by atoms with Gasteiger partial charge in [0.2, 0.25) is 0 Å². The molecule has 27 heavy (non-hydrogen) atoms. The Hall–Kier alpha value is -3.46. The number of ether oxygens (including phenoxy) is 3. The van der Waals surface area contributed by atoms with Crippen LogP contribution in [0.2, 0.25) is 0 Å². The van der Waals surface area contributed by atoms with Crippen LogP contribution in [0.3, 0.4) is 0 Å². The molecule has 140 valence electrons. The van der Waals surface area contributed by atoms with Crippen molar-refractivity contribution in [1.29, 1.82) is 5.26 Å². The van der Waals surface area contributed by atoms with Crippen molar-refractivity contribution in [2.45, 2.75) is 13.0 Å². The molecule has 2 rings (SSSR count). The molecule has 0 spiro atoms. The largest absolute Gasteiger partial charge is 0.496 e. The summed E-state index contributed by atoms with van der Waals surface area (Å²) in [6, 6.07) is 14.5. The smallest absolute Gasteiger partial charge is 0.262 e. The average molecular weight is 366 g/mol. The van der Waals surface area contributed by atoms with E-state index in [9.17, 15) is 10.1 Å². The molecular formula is C21H22N2O4. The molecular weight excluding hydrogens is 344 g/mol. The van der Waals surface area contributed by atoms with Crippen molar-refractivity contribution in [3.63, 3.8) is 0 Å². The Bertz CT molecular complexity index is 844. The molecule has 0 aromatic heterocycles. The van der Waals surface area contributed by atoms with Gasteiger partial charge in [0.15, 0.2) is 0 Å². The molecule has 2 aromatic carbocycles. The van der Waals surface area contributed by atoms with Crippen LogP contribution in [0.25, 0.3) is 6.08 Å². The number of methoxy groups -OCH3 is 3. The fraction of sp³-hybridized carbons (Fsp3) is 0.238. The van der Waals surface area contributed by atoms with Gasteiger partial charge in [-0.3, -0.25) is 4.79 Å². The molecule has 0 unspecified atom stereocenters. The second-order valence-electron chi connectivity index (χ2n) is 5.72. The number of carbonyl (C=O) groups excluding carboxylic acids is 1. The van der Waals surface area contributed by atoms with Crippen LogP contribution < -0.4 is 19.5 Å². The van der Waals surface area contributed by atoms with Crippen molar-refractivity contribution in [3.8, 4) is 23.3 Å². The standard InChI is InChI=1S/C21H22N2O4/c1-14(15-8-6-5-7-9-15)23-21(24)16(13-22)10-18-19(26-3)11-17(25-2)12-20(18)27-4/h5-12,14H,1-4H3,(H,23,24)/b16-10-/t14-/m1/s1. The molecule has 0 aliphatic carbocycles. The number of hydrogen-bond acceptors (Lipinski definition) is 5. The van der Waals surface area contributed by atoms with Gasteiger partial charge in [-0.05, 0) is 18.6 Å². The highest BCUT2D eigenvalue weighted by atomic mass is 16.5. The van der Waals surface area contributed by atoms with Crippen molar-refractivity contribution in [3.05, 3.63) is 59.2 Å². The van der Waals surface area contributed by atoms with Crippen molar-refractivity contribution in [2.24, 2.45) is 0 Å². The Morgan fingerprint density at radius 2 is 1.67 bits per heavy atom. The van der Waals surface area contributed by atoms with Gasteiger partial charge in [-0.15, -0.1) is 0 Å². The number of nitriles is 1. The zero-order chi connectivity index (χ0) is 19.8. The summed E-state index contributed by atoms with van der Waals surface area (Å²) < 4.78 is 15.9. The number of nitrogens with zero attached hydrogens (tertiary/aromatic N) is 1. The molecule has 1 amide bonds. The minimum absolute atomic E-state index is 0.0560. The highest BCUT2D eigenvalue weighted by Gasteiger charge is 2.17. The highest BCUT2D eigenvalue weighted by Crippen LogP contribution is 2.35. The van der Waals surface area contributed by atoms with E-state index in [4.69, 9.17) is 14.2 Å². The number of benzene rings is 2. The van der Waals surface area contributed by atoms with Gasteiger partial charge in [-0.25, -0.2) is 0 Å². The Kier molecular flexibility index (Phi) is 6.84. The van der Waals surface area contributed by atoms with Gasteiger partial charge in [0.25, 0.3) is 5.91 Å². The SMILES string of the molecule is COc1cc(OC)c(/C=C(/C#N)C(=O)N[C@H](C)c2ccccc2)c(OC)c1. The summed E-state index contributed by atoms with van der Waals surface area (Å²) in [6.07, 6.45) is 1.45. The fourth-order valence-corrected chi connectivity index (χ4v) is 2.57. The molecule has 0 bridgehead atoms. The summed E-state index contributed by atoms with van der Waals surface area (Å²) in [7, 11) is 4.52. The van der Waals surface area contributed by atoms with Crippen molar-refractivity contribution in [1.82, 2.24) is 5.32 Å². The van der Waals surface area contributed by atoms with E-state index in [1.54, 1.807) is 12.1 Å². The lowest BCUT2D eigenvalue weighted by molar-refractivity contribution is -0.117. The first kappa shape index (κ1) is 19.9. The maximum Gasteiger partial charge on any atom is 0.262 e. The normalized spacial score (nSPS) is 11.9. The van der Waals surface area contributed by atoms with Gasteiger partial charge in [0.05, 0.1) is 32.9 Å². The first-order valence-electron chi connectivity index (χ1n) is 8.31. The number of nitrogens with one attached hydrogen (secondary N) is 1. The van der Waals surface area contributed by atoms with Gasteiger partial charge in [0.1, 0.15) is 28.9 Å². The molecule has 6 heteroatoms. The lowest BCUT2D eigenvalue weighted by atomic mass is 10.1. The Morgan fingerprint density at radius 3 is 2.15 bits per heavy atom. The second kappa shape index (κ2) is 9.30. The predicted octanol–water partition coefficient (Wildman–Crippen LogP) is 3.50. The predicted molar refractivity (Wildman–Crippen MR) is 103 cm³/mol. The van der Waals surface area contributed by atoms with Gasteiger partial charge >= 0.3 is 0 Å². The molecule has 0 fully saturated rings. The van der Waals surface area contributed by atoms with Crippen molar-refractivity contribution >= 4 is 12.0 Å². The maximum atomic E-state index is 12.6. The average Bonchev–Trinajstić information content (AvgIpc) is 2.71. The molecule has 1 atom stereocenters. The zero-order valence-corrected chi connectivity index (χ0v) is 15.8. The van der Waals surface area contributed by atoms with E-state index in [0.29, 0.717) is 22.8 Å². The summed E-state index contributed by atoms with van der Waals surface area (Å²) in [4.78, 5) is 12.6. The van der Waals surface area contributed by atoms with E-state index in [0.717, 1.165) is 5.56 Å². The topological polar surface area (TPSA) is 80.6 Å². The number of hydrogen-bond donors (Lipinski definition) is 1. The molecule has 0 saturated carbocycles. The van der Waals surface area contributed by atoms with E-state index in [-0.39, 0.29) is 11.6 Å². The number of rotatable bonds is 7. The molecule has 6 nitrogen and oxygen atoms in total. The van der Waals surface area contributed by atoms with Gasteiger partial charge in [0, 0.05) is 12.1 Å². The van der Waals surface area contributed by atoms with Crippen LogP contribution in [0.4, 0.5) is 0 Å². The molecule has 0 aliphatic rings. The van der Waals surface area contributed by atoms with Gasteiger partial charge in [-0.1, -0.05) is 30.3 Å². The van der Waals surface area contributed by atoms with Crippen LogP contribution in [-0.2, 0) is 4.79 Å². The maximum absolute atomic E-state index is 12.6. The molecule has 0 radical (unpaired) electrons.